The highest BCUT2D eigenvalue weighted by Gasteiger charge is 2.08. The number of aryl methyl sites for hydroxylation is 1. The zero-order valence-electron chi connectivity index (χ0n) is 9.75. The molecule has 86 valence electrons. The molecular weight excluding hydrogens is 202 g/mol. The molecule has 0 aliphatic heterocycles. The van der Waals surface area contributed by atoms with Crippen LogP contribution in [0.25, 0.3) is 11.0 Å². The monoisotopic (exact) mass is 219 g/mol. The Bertz CT molecular complexity index is 462. The molecule has 2 rings (SSSR count). The van der Waals surface area contributed by atoms with E-state index < -0.39 is 0 Å². The van der Waals surface area contributed by atoms with Gasteiger partial charge >= 0.3 is 0 Å². The maximum absolute atomic E-state index is 5.78. The summed E-state index contributed by atoms with van der Waals surface area (Å²) in [5, 5.41) is 4.49. The van der Waals surface area contributed by atoms with Crippen molar-refractivity contribution in [1.82, 2.24) is 5.32 Å². The molecular formula is C13H17NO2. The Labute approximate surface area is 95.4 Å². The number of para-hydroxylation sites is 1. The lowest BCUT2D eigenvalue weighted by Crippen LogP contribution is -2.18. The summed E-state index contributed by atoms with van der Waals surface area (Å²) in [6.07, 6.45) is 0. The maximum Gasteiger partial charge on any atom is 0.134 e. The third-order valence-electron chi connectivity index (χ3n) is 2.71. The highest BCUT2D eigenvalue weighted by molar-refractivity contribution is 5.81. The molecule has 16 heavy (non-hydrogen) atoms. The molecule has 1 aromatic carbocycles. The summed E-state index contributed by atoms with van der Waals surface area (Å²) >= 11 is 0. The molecule has 0 radical (unpaired) electrons. The Morgan fingerprint density at radius 3 is 2.88 bits per heavy atom. The normalized spacial score (nSPS) is 11.1. The minimum absolute atomic E-state index is 0.722. The first-order valence-electron chi connectivity index (χ1n) is 5.49. The van der Waals surface area contributed by atoms with Crippen molar-refractivity contribution in [2.45, 2.75) is 13.5 Å². The third-order valence-corrected chi connectivity index (χ3v) is 2.71. The van der Waals surface area contributed by atoms with Gasteiger partial charge in [0, 0.05) is 19.0 Å². The van der Waals surface area contributed by atoms with Crippen molar-refractivity contribution in [3.63, 3.8) is 0 Å². The highest BCUT2D eigenvalue weighted by Crippen LogP contribution is 2.24. The van der Waals surface area contributed by atoms with Crippen molar-refractivity contribution < 1.29 is 9.15 Å². The maximum atomic E-state index is 5.78. The fourth-order valence-electron chi connectivity index (χ4n) is 1.77. The zero-order chi connectivity index (χ0) is 11.4. The predicted octanol–water partition coefficient (Wildman–Crippen LogP) is 2.48. The molecule has 1 heterocycles. The van der Waals surface area contributed by atoms with Gasteiger partial charge in [0.15, 0.2) is 0 Å². The molecule has 0 fully saturated rings. The number of hydrogen-bond acceptors (Lipinski definition) is 3. The molecule has 1 aromatic heterocycles. The van der Waals surface area contributed by atoms with E-state index >= 15 is 0 Å². The minimum Gasteiger partial charge on any atom is -0.459 e. The molecule has 1 N–H and O–H groups in total. The molecule has 0 saturated carbocycles. The van der Waals surface area contributed by atoms with Crippen LogP contribution < -0.4 is 5.32 Å². The van der Waals surface area contributed by atoms with Crippen LogP contribution in [-0.2, 0) is 11.3 Å². The second-order valence-electron chi connectivity index (χ2n) is 3.82. The van der Waals surface area contributed by atoms with Crippen molar-refractivity contribution >= 4 is 11.0 Å². The van der Waals surface area contributed by atoms with E-state index in [1.807, 2.05) is 18.2 Å². The van der Waals surface area contributed by atoms with Crippen LogP contribution in [0.15, 0.2) is 28.7 Å². The summed E-state index contributed by atoms with van der Waals surface area (Å²) in [4.78, 5) is 0. The van der Waals surface area contributed by atoms with Crippen molar-refractivity contribution in [2.75, 3.05) is 20.3 Å². The topological polar surface area (TPSA) is 34.4 Å². The predicted molar refractivity (Wildman–Crippen MR) is 64.5 cm³/mol. The van der Waals surface area contributed by atoms with Crippen LogP contribution in [0.5, 0.6) is 0 Å². The van der Waals surface area contributed by atoms with Crippen LogP contribution in [0.4, 0.5) is 0 Å². The van der Waals surface area contributed by atoms with Gasteiger partial charge in [-0.25, -0.2) is 0 Å². The number of fused-ring (bicyclic) bond motifs is 1. The molecule has 0 amide bonds. The first kappa shape index (κ1) is 11.2. The molecule has 3 nitrogen and oxygen atoms in total. The van der Waals surface area contributed by atoms with Crippen molar-refractivity contribution in [3.05, 3.63) is 35.6 Å². The highest BCUT2D eigenvalue weighted by atomic mass is 16.5. The molecule has 0 aliphatic rings. The van der Waals surface area contributed by atoms with Gasteiger partial charge in [-0.1, -0.05) is 18.2 Å². The third kappa shape index (κ3) is 2.26. The van der Waals surface area contributed by atoms with E-state index in [2.05, 4.69) is 18.3 Å². The van der Waals surface area contributed by atoms with E-state index in [-0.39, 0.29) is 0 Å². The molecule has 0 atom stereocenters. The van der Waals surface area contributed by atoms with Crippen LogP contribution in [0.2, 0.25) is 0 Å². The van der Waals surface area contributed by atoms with Gasteiger partial charge in [0.2, 0.25) is 0 Å². The van der Waals surface area contributed by atoms with Crippen molar-refractivity contribution in [3.8, 4) is 0 Å². The summed E-state index contributed by atoms with van der Waals surface area (Å²) in [5.41, 5.74) is 2.18. The van der Waals surface area contributed by atoms with Gasteiger partial charge < -0.3 is 14.5 Å². The van der Waals surface area contributed by atoms with Crippen molar-refractivity contribution in [2.24, 2.45) is 0 Å². The van der Waals surface area contributed by atoms with Crippen LogP contribution >= 0.6 is 0 Å². The molecule has 0 unspecified atom stereocenters. The SMILES string of the molecule is COCCNCc1oc2ccccc2c1C. The number of nitrogens with one attached hydrogen (secondary N) is 1. The number of furan rings is 1. The Kier molecular flexibility index (Phi) is 3.59. The summed E-state index contributed by atoms with van der Waals surface area (Å²) in [6.45, 7) is 4.41. The largest absolute Gasteiger partial charge is 0.459 e. The van der Waals surface area contributed by atoms with Gasteiger partial charge in [0.25, 0.3) is 0 Å². The number of benzene rings is 1. The van der Waals surface area contributed by atoms with Gasteiger partial charge in [0.05, 0.1) is 13.2 Å². The standard InChI is InChI=1S/C13H17NO2/c1-10-11-5-3-4-6-12(11)16-13(10)9-14-7-8-15-2/h3-6,14H,7-9H2,1-2H3. The van der Waals surface area contributed by atoms with Crippen LogP contribution in [-0.4, -0.2) is 20.3 Å². The average molecular weight is 219 g/mol. The first-order valence-corrected chi connectivity index (χ1v) is 5.49. The zero-order valence-corrected chi connectivity index (χ0v) is 9.75. The lowest BCUT2D eigenvalue weighted by Gasteiger charge is -2.01. The summed E-state index contributed by atoms with van der Waals surface area (Å²) < 4.78 is 10.8. The number of hydrogen-bond donors (Lipinski definition) is 1. The van der Waals surface area contributed by atoms with Gasteiger partial charge in [-0.2, -0.15) is 0 Å². The fourth-order valence-corrected chi connectivity index (χ4v) is 1.77. The van der Waals surface area contributed by atoms with Gasteiger partial charge in [-0.05, 0) is 18.6 Å². The smallest absolute Gasteiger partial charge is 0.134 e. The molecule has 0 spiro atoms. The van der Waals surface area contributed by atoms with Crippen LogP contribution in [0.3, 0.4) is 0 Å². The van der Waals surface area contributed by atoms with Gasteiger partial charge in [0.1, 0.15) is 11.3 Å². The van der Waals surface area contributed by atoms with E-state index in [0.29, 0.717) is 0 Å². The summed E-state index contributed by atoms with van der Waals surface area (Å²) in [7, 11) is 1.70. The van der Waals surface area contributed by atoms with Crippen molar-refractivity contribution in [1.29, 1.82) is 0 Å². The molecule has 3 heteroatoms. The van der Waals surface area contributed by atoms with Gasteiger partial charge in [-0.3, -0.25) is 0 Å². The number of rotatable bonds is 5. The molecule has 0 saturated heterocycles. The molecule has 2 aromatic rings. The minimum atomic E-state index is 0.722. The lowest BCUT2D eigenvalue weighted by atomic mass is 10.1. The average Bonchev–Trinajstić information content (AvgIpc) is 2.63. The Morgan fingerprint density at radius 2 is 2.12 bits per heavy atom. The lowest BCUT2D eigenvalue weighted by molar-refractivity contribution is 0.198. The number of methoxy groups -OCH3 is 1. The number of ether oxygens (including phenoxy) is 1. The van der Waals surface area contributed by atoms with Gasteiger partial charge in [-0.15, -0.1) is 0 Å². The van der Waals surface area contributed by atoms with E-state index in [9.17, 15) is 0 Å². The van der Waals surface area contributed by atoms with E-state index in [1.54, 1.807) is 7.11 Å². The Morgan fingerprint density at radius 1 is 1.31 bits per heavy atom. The van der Waals surface area contributed by atoms with E-state index in [4.69, 9.17) is 9.15 Å². The summed E-state index contributed by atoms with van der Waals surface area (Å²) in [5.74, 6) is 1.01. The first-order chi connectivity index (χ1) is 7.83. The van der Waals surface area contributed by atoms with E-state index in [0.717, 1.165) is 31.0 Å². The fraction of sp³-hybridized carbons (Fsp3) is 0.385. The van der Waals surface area contributed by atoms with E-state index in [1.165, 1.54) is 10.9 Å². The Balaban J connectivity index is 2.09. The second kappa shape index (κ2) is 5.14. The Hall–Kier alpha value is -1.32. The molecule has 0 bridgehead atoms. The summed E-state index contributed by atoms with van der Waals surface area (Å²) in [6, 6.07) is 8.12. The quantitative estimate of drug-likeness (QED) is 0.784. The second-order valence-corrected chi connectivity index (χ2v) is 3.82. The molecule has 0 aliphatic carbocycles. The van der Waals surface area contributed by atoms with Crippen LogP contribution in [0, 0.1) is 6.92 Å². The van der Waals surface area contributed by atoms with Crippen LogP contribution in [0.1, 0.15) is 11.3 Å².